The Morgan fingerprint density at radius 3 is 2.65 bits per heavy atom. The molecule has 1 unspecified atom stereocenters. The first-order valence-corrected chi connectivity index (χ1v) is 14.3. The number of carbonyl (C=O) groups excluding carboxylic acids is 2. The first kappa shape index (κ1) is 29.5. The Kier molecular flexibility index (Phi) is 9.12. The van der Waals surface area contributed by atoms with E-state index in [9.17, 15) is 18.4 Å². The zero-order valence-electron chi connectivity index (χ0n) is 22.8. The maximum absolute atomic E-state index is 13.8. The van der Waals surface area contributed by atoms with Gasteiger partial charge in [-0.05, 0) is 54.5 Å². The number of hydrogen-bond donors (Lipinski definition) is 1. The fourth-order valence-corrected chi connectivity index (χ4v) is 6.08. The largest absolute Gasteiger partial charge is 0.755 e. The van der Waals surface area contributed by atoms with Crippen molar-refractivity contribution in [3.05, 3.63) is 52.8 Å². The van der Waals surface area contributed by atoms with E-state index < -0.39 is 35.2 Å². The fraction of sp³-hybridized carbons (Fsp3) is 0.407. The molecule has 1 amide bonds. The number of anilines is 3. The Morgan fingerprint density at radius 2 is 2.02 bits per heavy atom. The number of hydrogen-bond acceptors (Lipinski definition) is 9. The molecule has 1 aromatic carbocycles. The highest BCUT2D eigenvalue weighted by Crippen LogP contribution is 2.32. The molecule has 3 atom stereocenters. The van der Waals surface area contributed by atoms with Crippen LogP contribution in [0.1, 0.15) is 31.4 Å². The zero-order chi connectivity index (χ0) is 29.1. The number of rotatable bonds is 10. The fourth-order valence-electron chi connectivity index (χ4n) is 5.08. The summed E-state index contributed by atoms with van der Waals surface area (Å²) >= 11 is 3.54. The topological polar surface area (TPSA) is 145 Å². The van der Waals surface area contributed by atoms with Crippen molar-refractivity contribution < 1.29 is 23.1 Å². The van der Waals surface area contributed by atoms with Crippen LogP contribution in [0.2, 0.25) is 5.02 Å². The van der Waals surface area contributed by atoms with Gasteiger partial charge in [0.2, 0.25) is 5.91 Å². The lowest BCUT2D eigenvalue weighted by molar-refractivity contribution is -0.153. The van der Waals surface area contributed by atoms with Crippen molar-refractivity contribution in [3.8, 4) is 0 Å². The number of nitrogens with two attached hydrogens (primary N) is 1. The van der Waals surface area contributed by atoms with Crippen molar-refractivity contribution in [2.45, 2.75) is 45.2 Å². The first-order chi connectivity index (χ1) is 19.1. The van der Waals surface area contributed by atoms with Gasteiger partial charge in [0.05, 0.1) is 23.5 Å². The van der Waals surface area contributed by atoms with Crippen molar-refractivity contribution in [2.75, 3.05) is 42.2 Å². The van der Waals surface area contributed by atoms with E-state index in [0.29, 0.717) is 18.1 Å². The summed E-state index contributed by atoms with van der Waals surface area (Å²) in [5.41, 5.74) is 8.07. The number of aromatic nitrogens is 2. The molecule has 214 valence electrons. The minimum Gasteiger partial charge on any atom is -0.755 e. The number of aryl methyl sites for hydroxylation is 1. The molecule has 0 spiro atoms. The van der Waals surface area contributed by atoms with E-state index in [1.807, 2.05) is 25.1 Å². The van der Waals surface area contributed by atoms with Crippen LogP contribution < -0.4 is 14.9 Å². The van der Waals surface area contributed by atoms with Crippen LogP contribution in [0.15, 0.2) is 36.7 Å². The molecule has 2 aromatic heterocycles. The lowest BCUT2D eigenvalue weighted by Crippen LogP contribution is -2.49. The monoisotopic (exact) mass is 587 g/mol. The number of nitrogen functional groups attached to an aromatic ring is 1. The number of esters is 1. The smallest absolute Gasteiger partial charge is 0.329 e. The van der Waals surface area contributed by atoms with Gasteiger partial charge in [-0.2, -0.15) is 0 Å². The average Bonchev–Trinajstić information content (AvgIpc) is 3.27. The number of ether oxygens (including phenoxy) is 1. The van der Waals surface area contributed by atoms with E-state index in [-0.39, 0.29) is 36.7 Å². The minimum absolute atomic E-state index is 0.139. The molecule has 1 fully saturated rings. The lowest BCUT2D eigenvalue weighted by Gasteiger charge is -2.32. The third-order valence-electron chi connectivity index (χ3n) is 6.99. The van der Waals surface area contributed by atoms with E-state index >= 15 is 0 Å². The molecule has 0 bridgehead atoms. The first-order valence-electron chi connectivity index (χ1n) is 12.9. The Balaban J connectivity index is 1.68. The van der Waals surface area contributed by atoms with Gasteiger partial charge < -0.3 is 24.8 Å². The summed E-state index contributed by atoms with van der Waals surface area (Å²) < 4.78 is 31.1. The highest BCUT2D eigenvalue weighted by Gasteiger charge is 2.43. The summed E-state index contributed by atoms with van der Waals surface area (Å²) in [6.45, 7) is 4.00. The number of amides is 1. The molecular weight excluding hydrogens is 556 g/mol. The third-order valence-corrected chi connectivity index (χ3v) is 8.05. The van der Waals surface area contributed by atoms with Gasteiger partial charge in [-0.1, -0.05) is 24.6 Å². The van der Waals surface area contributed by atoms with Crippen LogP contribution in [-0.4, -0.2) is 74.8 Å². The molecule has 2 N–H and O–H groups in total. The number of fused-ring (bicyclic) bond motifs is 1. The van der Waals surface area contributed by atoms with Gasteiger partial charge in [-0.25, -0.2) is 14.8 Å². The van der Waals surface area contributed by atoms with Gasteiger partial charge in [0.1, 0.15) is 23.7 Å². The molecule has 11 nitrogen and oxygen atoms in total. The second kappa shape index (κ2) is 12.4. The van der Waals surface area contributed by atoms with Gasteiger partial charge in [0.25, 0.3) is 0 Å². The van der Waals surface area contributed by atoms with Crippen molar-refractivity contribution in [2.24, 2.45) is 0 Å². The number of nitrogens with zero attached hydrogens (tertiary/aromatic N) is 5. The van der Waals surface area contributed by atoms with E-state index in [1.54, 1.807) is 32.1 Å². The molecule has 40 heavy (non-hydrogen) atoms. The SMILES string of the molecule is CCOC(=O)[C@@H](Cc1cc2ccnc(N)c2cc1CC)N1CC[C@H](N(c2cnc(N(C)C)c(Cl)c2)S(=O)[O-])C1=O. The van der Waals surface area contributed by atoms with E-state index in [0.717, 1.165) is 26.2 Å². The predicted molar refractivity (Wildman–Crippen MR) is 155 cm³/mol. The standard InChI is InChI=1S/C27H33ClN6O5S/c1-5-16-12-20-17(7-9-30-24(20)29)11-18(16)13-23(27(36)39-6-2)33-10-8-22(26(33)35)34(40(37)38)19-14-21(28)25(31-15-19)32(3)4/h7,9,11-12,14-15,22-23H,5-6,8,10,13H2,1-4H3,(H2,29,30)(H,37,38)/p-1/t22-,23+/m0/s1. The van der Waals surface area contributed by atoms with Gasteiger partial charge in [0, 0.05) is 49.9 Å². The molecule has 13 heteroatoms. The van der Waals surface area contributed by atoms with Crippen LogP contribution in [0.5, 0.6) is 0 Å². The molecule has 1 aliphatic heterocycles. The van der Waals surface area contributed by atoms with Crippen LogP contribution in [0.4, 0.5) is 17.3 Å². The Labute approximate surface area is 240 Å². The molecule has 0 aliphatic carbocycles. The number of pyridine rings is 2. The average molecular weight is 588 g/mol. The van der Waals surface area contributed by atoms with E-state index in [1.165, 1.54) is 17.2 Å². The van der Waals surface area contributed by atoms with Crippen molar-refractivity contribution in [1.82, 2.24) is 14.9 Å². The molecule has 1 saturated heterocycles. The van der Waals surface area contributed by atoms with Crippen LogP contribution in [-0.2, 0) is 38.4 Å². The molecule has 3 heterocycles. The van der Waals surface area contributed by atoms with Crippen LogP contribution in [0, 0.1) is 0 Å². The van der Waals surface area contributed by atoms with Crippen LogP contribution in [0.3, 0.4) is 0 Å². The summed E-state index contributed by atoms with van der Waals surface area (Å²) in [4.78, 5) is 38.5. The zero-order valence-corrected chi connectivity index (χ0v) is 24.4. The van der Waals surface area contributed by atoms with E-state index in [4.69, 9.17) is 22.1 Å². The minimum atomic E-state index is -2.80. The second-order valence-electron chi connectivity index (χ2n) is 9.64. The summed E-state index contributed by atoms with van der Waals surface area (Å²) in [6, 6.07) is 5.20. The Hall–Kier alpha value is -3.48. The number of likely N-dealkylation sites (tertiary alicyclic amines) is 1. The van der Waals surface area contributed by atoms with Crippen molar-refractivity contribution in [1.29, 1.82) is 0 Å². The molecule has 3 aromatic rings. The normalized spacial score (nSPS) is 16.7. The van der Waals surface area contributed by atoms with Gasteiger partial charge in [-0.15, -0.1) is 0 Å². The summed E-state index contributed by atoms with van der Waals surface area (Å²) in [7, 11) is 3.52. The summed E-state index contributed by atoms with van der Waals surface area (Å²) in [5.74, 6) is -0.175. The lowest BCUT2D eigenvalue weighted by atomic mass is 9.94. The van der Waals surface area contributed by atoms with Crippen LogP contribution in [0.25, 0.3) is 10.8 Å². The number of benzene rings is 1. The molecule has 0 radical (unpaired) electrons. The summed E-state index contributed by atoms with van der Waals surface area (Å²) in [6.07, 6.45) is 4.03. The Morgan fingerprint density at radius 1 is 1.27 bits per heavy atom. The van der Waals surface area contributed by atoms with E-state index in [2.05, 4.69) is 9.97 Å². The predicted octanol–water partition coefficient (Wildman–Crippen LogP) is 2.87. The maximum atomic E-state index is 13.8. The molecule has 1 aliphatic rings. The third kappa shape index (κ3) is 5.84. The number of halogens is 1. The highest BCUT2D eigenvalue weighted by molar-refractivity contribution is 7.80. The van der Waals surface area contributed by atoms with Gasteiger partial charge in [-0.3, -0.25) is 13.3 Å². The molecular formula is C27H32ClN6O5S-. The Bertz CT molecular complexity index is 1450. The molecule has 4 rings (SSSR count). The van der Waals surface area contributed by atoms with Crippen molar-refractivity contribution in [3.63, 3.8) is 0 Å². The maximum Gasteiger partial charge on any atom is 0.329 e. The summed E-state index contributed by atoms with van der Waals surface area (Å²) in [5, 5.41) is 1.92. The quantitative estimate of drug-likeness (QED) is 0.279. The number of carbonyl (C=O) groups is 2. The van der Waals surface area contributed by atoms with Gasteiger partial charge in [0.15, 0.2) is 0 Å². The van der Waals surface area contributed by atoms with Gasteiger partial charge >= 0.3 is 5.97 Å². The highest BCUT2D eigenvalue weighted by atomic mass is 35.5. The van der Waals surface area contributed by atoms with Crippen molar-refractivity contribution >= 4 is 62.8 Å². The van der Waals surface area contributed by atoms with Crippen LogP contribution >= 0.6 is 11.6 Å². The second-order valence-corrected chi connectivity index (χ2v) is 10.9. The molecule has 0 saturated carbocycles.